The Labute approximate surface area is 132 Å². The third kappa shape index (κ3) is 4.71. The molecule has 22 heavy (non-hydrogen) atoms. The molecule has 2 saturated heterocycles. The van der Waals surface area contributed by atoms with Gasteiger partial charge in [0.1, 0.15) is 6.04 Å². The first-order valence-electron chi connectivity index (χ1n) is 8.12. The second-order valence-corrected chi connectivity index (χ2v) is 7.56. The Bertz CT molecular complexity index is 448. The van der Waals surface area contributed by atoms with Crippen LogP contribution in [0.3, 0.4) is 0 Å². The van der Waals surface area contributed by atoms with Crippen molar-refractivity contribution in [1.29, 1.82) is 0 Å². The molecule has 3 amide bonds. The first kappa shape index (κ1) is 16.8. The Hall–Kier alpha value is -1.59. The molecule has 2 aliphatic heterocycles. The summed E-state index contributed by atoms with van der Waals surface area (Å²) in [5.41, 5.74) is -0.0125. The Kier molecular flexibility index (Phi) is 5.08. The number of carbonyl (C=O) groups excluding carboxylic acids is 3. The molecule has 6 heteroatoms. The zero-order chi connectivity index (χ0) is 16.3. The van der Waals surface area contributed by atoms with Gasteiger partial charge in [-0.3, -0.25) is 14.4 Å². The van der Waals surface area contributed by atoms with Crippen molar-refractivity contribution < 1.29 is 14.4 Å². The van der Waals surface area contributed by atoms with Gasteiger partial charge < -0.3 is 15.5 Å². The van der Waals surface area contributed by atoms with Gasteiger partial charge in [-0.25, -0.2) is 0 Å². The molecule has 0 aromatic heterocycles. The lowest BCUT2D eigenvalue weighted by atomic mass is 9.91. The number of amides is 3. The number of likely N-dealkylation sites (tertiary alicyclic amines) is 1. The van der Waals surface area contributed by atoms with E-state index in [9.17, 15) is 14.4 Å². The summed E-state index contributed by atoms with van der Waals surface area (Å²) in [5, 5.41) is 5.79. The number of rotatable bonds is 3. The van der Waals surface area contributed by atoms with E-state index in [1.807, 2.05) is 25.7 Å². The van der Waals surface area contributed by atoms with Gasteiger partial charge in [-0.05, 0) is 24.7 Å². The van der Waals surface area contributed by atoms with E-state index in [0.29, 0.717) is 32.4 Å². The largest absolute Gasteiger partial charge is 0.353 e. The van der Waals surface area contributed by atoms with E-state index in [4.69, 9.17) is 0 Å². The van der Waals surface area contributed by atoms with Gasteiger partial charge in [0, 0.05) is 32.0 Å². The summed E-state index contributed by atoms with van der Waals surface area (Å²) < 4.78 is 0. The minimum Gasteiger partial charge on any atom is -0.353 e. The number of carbonyl (C=O) groups is 3. The van der Waals surface area contributed by atoms with Gasteiger partial charge in [-0.2, -0.15) is 0 Å². The Morgan fingerprint density at radius 3 is 2.36 bits per heavy atom. The molecule has 0 aromatic carbocycles. The Balaban J connectivity index is 1.75. The summed E-state index contributed by atoms with van der Waals surface area (Å²) in [7, 11) is 0. The first-order chi connectivity index (χ1) is 10.2. The molecular weight excluding hydrogens is 282 g/mol. The molecule has 2 heterocycles. The maximum Gasteiger partial charge on any atom is 0.245 e. The second kappa shape index (κ2) is 6.67. The first-order valence-corrected chi connectivity index (χ1v) is 8.12. The van der Waals surface area contributed by atoms with E-state index in [0.717, 1.165) is 12.8 Å². The highest BCUT2D eigenvalue weighted by molar-refractivity contribution is 5.90. The van der Waals surface area contributed by atoms with Crippen molar-refractivity contribution in [2.24, 2.45) is 5.41 Å². The predicted molar refractivity (Wildman–Crippen MR) is 83.0 cm³/mol. The van der Waals surface area contributed by atoms with Crippen LogP contribution in [0.5, 0.6) is 0 Å². The number of piperidine rings is 1. The molecule has 124 valence electrons. The monoisotopic (exact) mass is 309 g/mol. The van der Waals surface area contributed by atoms with Crippen molar-refractivity contribution >= 4 is 17.7 Å². The smallest absolute Gasteiger partial charge is 0.245 e. The summed E-state index contributed by atoms with van der Waals surface area (Å²) in [6.07, 6.45) is 3.11. The molecule has 2 N–H and O–H groups in total. The minimum atomic E-state index is -0.348. The second-order valence-electron chi connectivity index (χ2n) is 7.56. The highest BCUT2D eigenvalue weighted by atomic mass is 16.2. The Morgan fingerprint density at radius 1 is 1.23 bits per heavy atom. The highest BCUT2D eigenvalue weighted by Crippen LogP contribution is 2.19. The topological polar surface area (TPSA) is 78.5 Å². The molecular formula is C16H27N3O3. The van der Waals surface area contributed by atoms with Gasteiger partial charge >= 0.3 is 0 Å². The van der Waals surface area contributed by atoms with Crippen molar-refractivity contribution in [3.8, 4) is 0 Å². The average molecular weight is 309 g/mol. The molecule has 2 fully saturated rings. The SMILES string of the molecule is CC(C)(C)CC(=O)NC1CCN(C(=O)C2CCC(=O)N2)CC1. The fourth-order valence-electron chi connectivity index (χ4n) is 3.02. The zero-order valence-corrected chi connectivity index (χ0v) is 13.8. The highest BCUT2D eigenvalue weighted by Gasteiger charge is 2.33. The van der Waals surface area contributed by atoms with E-state index in [-0.39, 0.29) is 35.2 Å². The van der Waals surface area contributed by atoms with E-state index in [2.05, 4.69) is 10.6 Å². The third-order valence-electron chi connectivity index (χ3n) is 4.16. The summed E-state index contributed by atoms with van der Waals surface area (Å²) in [4.78, 5) is 37.2. The van der Waals surface area contributed by atoms with Crippen LogP contribution in [0.4, 0.5) is 0 Å². The summed E-state index contributed by atoms with van der Waals surface area (Å²) in [6.45, 7) is 7.43. The van der Waals surface area contributed by atoms with Crippen molar-refractivity contribution in [2.75, 3.05) is 13.1 Å². The summed E-state index contributed by atoms with van der Waals surface area (Å²) >= 11 is 0. The van der Waals surface area contributed by atoms with Gasteiger partial charge in [0.15, 0.2) is 0 Å². The van der Waals surface area contributed by atoms with Crippen LogP contribution in [-0.2, 0) is 14.4 Å². The lowest BCUT2D eigenvalue weighted by molar-refractivity contribution is -0.135. The van der Waals surface area contributed by atoms with Crippen molar-refractivity contribution in [3.05, 3.63) is 0 Å². The fraction of sp³-hybridized carbons (Fsp3) is 0.812. The van der Waals surface area contributed by atoms with Crippen LogP contribution in [0.1, 0.15) is 52.9 Å². The molecule has 0 spiro atoms. The van der Waals surface area contributed by atoms with Gasteiger partial charge in [0.05, 0.1) is 0 Å². The van der Waals surface area contributed by atoms with Crippen LogP contribution in [-0.4, -0.2) is 47.8 Å². The minimum absolute atomic E-state index is 0.0125. The van der Waals surface area contributed by atoms with Crippen LogP contribution in [0.2, 0.25) is 0 Å². The van der Waals surface area contributed by atoms with Gasteiger partial charge in [-0.15, -0.1) is 0 Å². The summed E-state index contributed by atoms with van der Waals surface area (Å²) in [6, 6.07) is -0.198. The fourth-order valence-corrected chi connectivity index (χ4v) is 3.02. The maximum absolute atomic E-state index is 12.3. The number of nitrogens with one attached hydrogen (secondary N) is 2. The molecule has 0 aromatic rings. The summed E-state index contributed by atoms with van der Waals surface area (Å²) in [5.74, 6) is 0.0633. The molecule has 0 bridgehead atoms. The van der Waals surface area contributed by atoms with Crippen LogP contribution >= 0.6 is 0 Å². The molecule has 1 unspecified atom stereocenters. The molecule has 0 aliphatic carbocycles. The zero-order valence-electron chi connectivity index (χ0n) is 13.8. The lowest BCUT2D eigenvalue weighted by Crippen LogP contribution is -2.51. The predicted octanol–water partition coefficient (Wildman–Crippen LogP) is 0.808. The van der Waals surface area contributed by atoms with E-state index in [1.54, 1.807) is 0 Å². The van der Waals surface area contributed by atoms with Gasteiger partial charge in [-0.1, -0.05) is 20.8 Å². The molecule has 2 rings (SSSR count). The number of nitrogens with zero attached hydrogens (tertiary/aromatic N) is 1. The number of hydrogen-bond acceptors (Lipinski definition) is 3. The van der Waals surface area contributed by atoms with Gasteiger partial charge in [0.2, 0.25) is 17.7 Å². The van der Waals surface area contributed by atoms with E-state index < -0.39 is 0 Å². The Morgan fingerprint density at radius 2 is 1.86 bits per heavy atom. The average Bonchev–Trinajstić information content (AvgIpc) is 2.83. The lowest BCUT2D eigenvalue weighted by Gasteiger charge is -2.34. The van der Waals surface area contributed by atoms with Crippen molar-refractivity contribution in [2.45, 2.75) is 65.0 Å². The molecule has 0 radical (unpaired) electrons. The van der Waals surface area contributed by atoms with Crippen LogP contribution in [0.15, 0.2) is 0 Å². The maximum atomic E-state index is 12.3. The van der Waals surface area contributed by atoms with E-state index in [1.165, 1.54) is 0 Å². The van der Waals surface area contributed by atoms with Crippen LogP contribution in [0, 0.1) is 5.41 Å². The quantitative estimate of drug-likeness (QED) is 0.810. The van der Waals surface area contributed by atoms with Crippen molar-refractivity contribution in [3.63, 3.8) is 0 Å². The normalized spacial score (nSPS) is 23.3. The molecule has 0 saturated carbocycles. The standard InChI is InChI=1S/C16H27N3O3/c1-16(2,3)10-14(21)17-11-6-8-19(9-7-11)15(22)12-4-5-13(20)18-12/h11-12H,4-10H2,1-3H3,(H,17,21)(H,18,20). The third-order valence-corrected chi connectivity index (χ3v) is 4.16. The molecule has 2 aliphatic rings. The molecule has 1 atom stereocenters. The number of hydrogen-bond donors (Lipinski definition) is 2. The van der Waals surface area contributed by atoms with E-state index >= 15 is 0 Å². The van der Waals surface area contributed by atoms with Crippen LogP contribution in [0.25, 0.3) is 0 Å². The van der Waals surface area contributed by atoms with Crippen molar-refractivity contribution in [1.82, 2.24) is 15.5 Å². The van der Waals surface area contributed by atoms with Gasteiger partial charge in [0.25, 0.3) is 0 Å². The molecule has 6 nitrogen and oxygen atoms in total. The van der Waals surface area contributed by atoms with Crippen LogP contribution < -0.4 is 10.6 Å².